The van der Waals surface area contributed by atoms with Crippen molar-refractivity contribution in [3.63, 3.8) is 0 Å². The predicted octanol–water partition coefficient (Wildman–Crippen LogP) is 2.50. The maximum absolute atomic E-state index is 11.8. The quantitative estimate of drug-likeness (QED) is 0.928. The van der Waals surface area contributed by atoms with Gasteiger partial charge in [-0.15, -0.1) is 0 Å². The van der Waals surface area contributed by atoms with Crippen molar-refractivity contribution in [1.29, 1.82) is 0 Å². The summed E-state index contributed by atoms with van der Waals surface area (Å²) in [6, 6.07) is 4.29. The molecule has 0 aliphatic carbocycles. The maximum atomic E-state index is 11.8. The summed E-state index contributed by atoms with van der Waals surface area (Å²) in [5.41, 5.74) is 4.65. The molecule has 0 saturated carbocycles. The molecule has 0 fully saturated rings. The number of hydrogen-bond donors (Lipinski definition) is 1. The van der Waals surface area contributed by atoms with Gasteiger partial charge in [-0.1, -0.05) is 32.9 Å². The van der Waals surface area contributed by atoms with Crippen LogP contribution in [0.5, 0.6) is 0 Å². The zero-order valence-corrected chi connectivity index (χ0v) is 14.4. The molecular weight excluding hydrogens is 272 g/mol. The normalized spacial score (nSPS) is 13.0. The summed E-state index contributed by atoms with van der Waals surface area (Å²) < 4.78 is 27.3. The van der Waals surface area contributed by atoms with E-state index in [0.717, 1.165) is 16.7 Å². The molecule has 1 aromatic carbocycles. The van der Waals surface area contributed by atoms with Gasteiger partial charge in [-0.05, 0) is 41.5 Å². The smallest absolute Gasteiger partial charge is 0.198 e. The van der Waals surface area contributed by atoms with Gasteiger partial charge in [0.05, 0.1) is 0 Å². The zero-order chi connectivity index (χ0) is 15.7. The third kappa shape index (κ3) is 4.04. The average molecular weight is 298 g/mol. The second kappa shape index (κ2) is 5.84. The molecule has 1 rings (SSSR count). The zero-order valence-electron chi connectivity index (χ0n) is 13.5. The van der Waals surface area contributed by atoms with E-state index < -0.39 is 10.2 Å². The van der Waals surface area contributed by atoms with Crippen molar-refractivity contribution < 1.29 is 8.42 Å². The Bertz CT molecular complexity index is 561. The van der Waals surface area contributed by atoms with Crippen LogP contribution in [0.25, 0.3) is 0 Å². The molecule has 0 amide bonds. The lowest BCUT2D eigenvalue weighted by Gasteiger charge is -2.22. The van der Waals surface area contributed by atoms with Crippen molar-refractivity contribution in [2.45, 2.75) is 46.6 Å². The van der Waals surface area contributed by atoms with Gasteiger partial charge in [0, 0.05) is 20.6 Å². The van der Waals surface area contributed by atoms with Crippen LogP contribution in [0.2, 0.25) is 0 Å². The van der Waals surface area contributed by atoms with Gasteiger partial charge in [-0.25, -0.2) is 0 Å². The second-order valence-corrected chi connectivity index (χ2v) is 8.42. The van der Waals surface area contributed by atoms with E-state index in [-0.39, 0.29) is 5.41 Å². The molecule has 4 nitrogen and oxygen atoms in total. The molecule has 0 unspecified atom stereocenters. The van der Waals surface area contributed by atoms with E-state index in [1.54, 1.807) is 0 Å². The molecule has 0 aliphatic rings. The average Bonchev–Trinajstić information content (AvgIpc) is 2.25. The largest absolute Gasteiger partial charge is 0.279 e. The number of benzene rings is 1. The molecule has 0 atom stereocenters. The Hall–Kier alpha value is -0.910. The summed E-state index contributed by atoms with van der Waals surface area (Å²) >= 11 is 0. The Kier molecular flexibility index (Phi) is 5.00. The van der Waals surface area contributed by atoms with Crippen LogP contribution >= 0.6 is 0 Å². The van der Waals surface area contributed by atoms with Gasteiger partial charge in [0.1, 0.15) is 0 Å². The number of nitrogens with zero attached hydrogens (tertiary/aromatic N) is 1. The Balaban J connectivity index is 3.05. The van der Waals surface area contributed by atoms with Crippen LogP contribution in [0, 0.1) is 13.8 Å². The monoisotopic (exact) mass is 298 g/mol. The molecule has 0 aliphatic heterocycles. The number of rotatable bonds is 4. The highest BCUT2D eigenvalue weighted by atomic mass is 32.2. The first-order valence-corrected chi connectivity index (χ1v) is 8.17. The number of nitrogens with one attached hydrogen (secondary N) is 1. The second-order valence-electron chi connectivity index (χ2n) is 6.45. The van der Waals surface area contributed by atoms with Gasteiger partial charge in [0.2, 0.25) is 0 Å². The Morgan fingerprint density at radius 1 is 1.10 bits per heavy atom. The van der Waals surface area contributed by atoms with E-state index in [9.17, 15) is 8.42 Å². The first-order valence-electron chi connectivity index (χ1n) is 6.73. The molecule has 0 radical (unpaired) electrons. The summed E-state index contributed by atoms with van der Waals surface area (Å²) in [5.74, 6) is 0. The Morgan fingerprint density at radius 2 is 1.55 bits per heavy atom. The SMILES string of the molecule is Cc1cc(C(C)(C)C)cc(C)c1CNS(=O)(=O)N(C)C. The standard InChI is InChI=1S/C15H26N2O2S/c1-11-8-13(15(3,4)5)9-12(2)14(11)10-16-20(18,19)17(6)7/h8-9,16H,10H2,1-7H3. The van der Waals surface area contributed by atoms with E-state index in [1.165, 1.54) is 24.0 Å². The van der Waals surface area contributed by atoms with Crippen LogP contribution in [0.1, 0.15) is 43.0 Å². The minimum atomic E-state index is -3.39. The molecule has 114 valence electrons. The van der Waals surface area contributed by atoms with Crippen molar-refractivity contribution >= 4 is 10.2 Å². The van der Waals surface area contributed by atoms with E-state index in [2.05, 4.69) is 37.6 Å². The minimum Gasteiger partial charge on any atom is -0.198 e. The van der Waals surface area contributed by atoms with Gasteiger partial charge in [0.15, 0.2) is 0 Å². The van der Waals surface area contributed by atoms with E-state index in [4.69, 9.17) is 0 Å². The molecular formula is C15H26N2O2S. The predicted molar refractivity (Wildman–Crippen MR) is 84.1 cm³/mol. The number of hydrogen-bond acceptors (Lipinski definition) is 2. The molecule has 0 bridgehead atoms. The fourth-order valence-corrected chi connectivity index (χ4v) is 2.58. The van der Waals surface area contributed by atoms with Gasteiger partial charge >= 0.3 is 0 Å². The molecule has 5 heteroatoms. The molecule has 1 N–H and O–H groups in total. The summed E-state index contributed by atoms with van der Waals surface area (Å²) in [6.45, 7) is 10.9. The van der Waals surface area contributed by atoms with Crippen LogP contribution < -0.4 is 4.72 Å². The molecule has 20 heavy (non-hydrogen) atoms. The third-order valence-electron chi connectivity index (χ3n) is 3.47. The molecule has 0 heterocycles. The van der Waals surface area contributed by atoms with Crippen LogP contribution in [0.3, 0.4) is 0 Å². The summed E-state index contributed by atoms with van der Waals surface area (Å²) in [6.07, 6.45) is 0. The summed E-state index contributed by atoms with van der Waals surface area (Å²) in [7, 11) is -0.348. The lowest BCUT2D eigenvalue weighted by Crippen LogP contribution is -2.35. The molecule has 0 spiro atoms. The Labute approximate surface area is 123 Å². The Morgan fingerprint density at radius 3 is 1.90 bits per heavy atom. The summed E-state index contributed by atoms with van der Waals surface area (Å²) in [4.78, 5) is 0. The fourth-order valence-electron chi connectivity index (χ4n) is 2.00. The van der Waals surface area contributed by atoms with Gasteiger partial charge < -0.3 is 0 Å². The topological polar surface area (TPSA) is 49.4 Å². The minimum absolute atomic E-state index is 0.0944. The van der Waals surface area contributed by atoms with Crippen LogP contribution in [0.15, 0.2) is 12.1 Å². The molecule has 0 saturated heterocycles. The van der Waals surface area contributed by atoms with E-state index in [0.29, 0.717) is 6.54 Å². The molecule has 0 aromatic heterocycles. The van der Waals surface area contributed by atoms with Crippen molar-refractivity contribution in [1.82, 2.24) is 9.03 Å². The van der Waals surface area contributed by atoms with Crippen LogP contribution in [0.4, 0.5) is 0 Å². The molecule has 1 aromatic rings. The van der Waals surface area contributed by atoms with Gasteiger partial charge in [-0.2, -0.15) is 17.4 Å². The van der Waals surface area contributed by atoms with Gasteiger partial charge in [0.25, 0.3) is 10.2 Å². The first-order chi connectivity index (χ1) is 8.95. The highest BCUT2D eigenvalue weighted by molar-refractivity contribution is 7.87. The van der Waals surface area contributed by atoms with Gasteiger partial charge in [-0.3, -0.25) is 0 Å². The highest BCUT2D eigenvalue weighted by Crippen LogP contribution is 2.26. The summed E-state index contributed by atoms with van der Waals surface area (Å²) in [5, 5.41) is 0. The third-order valence-corrected chi connectivity index (χ3v) is 4.94. The van der Waals surface area contributed by atoms with Crippen molar-refractivity contribution in [2.24, 2.45) is 0 Å². The highest BCUT2D eigenvalue weighted by Gasteiger charge is 2.18. The lowest BCUT2D eigenvalue weighted by molar-refractivity contribution is 0.505. The van der Waals surface area contributed by atoms with Crippen molar-refractivity contribution in [3.05, 3.63) is 34.4 Å². The van der Waals surface area contributed by atoms with E-state index >= 15 is 0 Å². The van der Waals surface area contributed by atoms with Crippen LogP contribution in [-0.4, -0.2) is 26.8 Å². The number of aryl methyl sites for hydroxylation is 2. The van der Waals surface area contributed by atoms with Crippen molar-refractivity contribution in [3.8, 4) is 0 Å². The fraction of sp³-hybridized carbons (Fsp3) is 0.600. The first kappa shape index (κ1) is 17.1. The van der Waals surface area contributed by atoms with E-state index in [1.807, 2.05) is 13.8 Å². The van der Waals surface area contributed by atoms with Crippen LogP contribution in [-0.2, 0) is 22.2 Å². The van der Waals surface area contributed by atoms with Crippen molar-refractivity contribution in [2.75, 3.05) is 14.1 Å². The lowest BCUT2D eigenvalue weighted by atomic mass is 9.84. The maximum Gasteiger partial charge on any atom is 0.279 e.